The number of fused-ring (bicyclic) bond motifs is 3. The molecular weight excluding hydrogens is 1400 g/mol. The number of aryl methyl sites for hydroxylation is 3. The van der Waals surface area contributed by atoms with E-state index in [1.54, 1.807) is 46.2 Å². The molecule has 14 aromatic heterocycles. The van der Waals surface area contributed by atoms with Gasteiger partial charge in [0, 0.05) is 260 Å². The van der Waals surface area contributed by atoms with Crippen LogP contribution in [0.15, 0.2) is 208 Å². The molecule has 0 bridgehead atoms. The van der Waals surface area contributed by atoms with Crippen LogP contribution in [-0.4, -0.2) is 176 Å². The number of anilines is 6. The lowest BCUT2D eigenvalue weighted by atomic mass is 10.0. The van der Waals surface area contributed by atoms with E-state index in [0.717, 1.165) is 182 Å². The van der Waals surface area contributed by atoms with Crippen molar-refractivity contribution >= 4 is 51.5 Å². The average molecular weight is 1480 g/mol. The molecule has 0 spiro atoms. The molecule has 15 aromatic rings. The highest BCUT2D eigenvalue weighted by atomic mass is 15.3. The Labute approximate surface area is 646 Å². The number of hydrogen-bond donors (Lipinski definition) is 3. The van der Waals surface area contributed by atoms with Gasteiger partial charge in [0.05, 0.1) is 40.8 Å². The minimum atomic E-state index is 0.208. The van der Waals surface area contributed by atoms with Gasteiger partial charge in [-0.25, -0.2) is 28.5 Å². The summed E-state index contributed by atoms with van der Waals surface area (Å²) in [5.74, 6) is 3.46. The molecule has 1 aromatic carbocycles. The lowest BCUT2D eigenvalue weighted by molar-refractivity contribution is 0.178. The van der Waals surface area contributed by atoms with Crippen LogP contribution >= 0.6 is 0 Å². The number of benzene rings is 1. The van der Waals surface area contributed by atoms with Crippen LogP contribution in [0.3, 0.4) is 0 Å². The fourth-order valence-corrected chi connectivity index (χ4v) is 15.0. The first kappa shape index (κ1) is 72.0. The maximum Gasteiger partial charge on any atom is 0.164 e. The normalized spacial score (nSPS) is 14.9. The Morgan fingerprint density at radius 1 is 0.384 bits per heavy atom. The van der Waals surface area contributed by atoms with Gasteiger partial charge in [-0.2, -0.15) is 31.1 Å². The molecule has 0 radical (unpaired) electrons. The topological polar surface area (TPSA) is 339 Å². The zero-order valence-electron chi connectivity index (χ0n) is 62.5. The number of pyridine rings is 8. The van der Waals surface area contributed by atoms with E-state index in [2.05, 4.69) is 168 Å². The molecule has 0 unspecified atom stereocenters. The van der Waals surface area contributed by atoms with Crippen molar-refractivity contribution in [3.63, 3.8) is 0 Å². The molecule has 3 aliphatic heterocycles. The monoisotopic (exact) mass is 1480 g/mol. The van der Waals surface area contributed by atoms with Gasteiger partial charge in [0.1, 0.15) is 52.4 Å². The average Bonchev–Trinajstić information content (AvgIpc) is 1.59. The van der Waals surface area contributed by atoms with Crippen LogP contribution in [0.2, 0.25) is 0 Å². The summed E-state index contributed by atoms with van der Waals surface area (Å²) in [6.45, 7) is 15.3. The van der Waals surface area contributed by atoms with Crippen molar-refractivity contribution in [2.75, 3.05) is 104 Å². The molecular formula is C83H81N29. The number of aromatic nitrogens is 17. The fourth-order valence-electron chi connectivity index (χ4n) is 15.0. The number of rotatable bonds is 15. The first-order chi connectivity index (χ1) is 54.7. The van der Waals surface area contributed by atoms with Crippen molar-refractivity contribution in [1.82, 2.24) is 97.8 Å². The van der Waals surface area contributed by atoms with Gasteiger partial charge < -0.3 is 31.9 Å². The second kappa shape index (κ2) is 31.6. The number of piperazine rings is 3. The molecule has 18 rings (SSSR count). The molecule has 558 valence electrons. The van der Waals surface area contributed by atoms with Gasteiger partial charge >= 0.3 is 0 Å². The van der Waals surface area contributed by atoms with Crippen LogP contribution in [0.1, 0.15) is 40.4 Å². The quantitative estimate of drug-likeness (QED) is 0.0859. The summed E-state index contributed by atoms with van der Waals surface area (Å²) in [7, 11) is 5.64. The van der Waals surface area contributed by atoms with E-state index in [4.69, 9.17) is 32.2 Å². The van der Waals surface area contributed by atoms with E-state index in [0.29, 0.717) is 39.3 Å². The standard InChI is InChI=1S/C28H28N10.C28H27N9.C27H26N10/c1-19-15-37(10-9-36(19)18-23-5-3-4-8-31-23)26-7-6-20(13-32-26)24-11-21(22-14-33-35(2)16-22)17-38-27(24)25(12-29)28(30)34-38;1-34-18-23(16-32-34)22-13-24(27-25(14-29)28(30)33-37(27)19-22)21-7-8-26(31-15-21)36-11-9-35(10-12-36)17-20-5-3-2-4-6-20;1-34-17-22(15-32-34)21-11-23(26-24(12-28)27(29)33-37(26)18-21)20-4-5-25(31-14-20)36-9-7-35(8-10-36)16-19-3-2-6-30-13-19/h3-8,11,13-14,16-17,19H,9-10,15,18H2,1-2H3,(H2,30,34);2-8,13,15-16,18-19H,9-12,17H2,1H3,(H2,30,33);2-6,11,13-15,17-18H,7-10,16H2,1H3,(H2,29,33)/t19-;;/m0../s1. The van der Waals surface area contributed by atoms with Crippen molar-refractivity contribution in [2.24, 2.45) is 21.1 Å². The lowest BCUT2D eigenvalue weighted by Gasteiger charge is -2.40. The Bertz CT molecular complexity index is 5720. The molecule has 29 heteroatoms. The SMILES string of the molecule is C[C@H]1CN(c2ccc(-c3cc(-c4cnn(C)c4)cn4nc(N)c(C#N)c34)cn2)CCN1Cc1ccccn1.Cn1cc(-c2cc(-c3ccc(N4CCN(Cc5ccccc5)CC4)nc3)c3c(C#N)c(N)nn3c2)cn1.Cn1cc(-c2cc(-c3ccc(N4CCN(Cc5cccnc5)CC4)nc3)c3c(C#N)c(N)nn3c2)cn1. The molecule has 29 nitrogen and oxygen atoms in total. The number of hydrogen-bond acceptors (Lipinski definition) is 23. The minimum absolute atomic E-state index is 0.208. The molecule has 112 heavy (non-hydrogen) atoms. The summed E-state index contributed by atoms with van der Waals surface area (Å²) in [6, 6.07) is 46.2. The summed E-state index contributed by atoms with van der Waals surface area (Å²) >= 11 is 0. The first-order valence-corrected chi connectivity index (χ1v) is 37.0. The second-order valence-corrected chi connectivity index (χ2v) is 28.3. The van der Waals surface area contributed by atoms with E-state index in [1.165, 1.54) is 11.1 Å². The predicted molar refractivity (Wildman–Crippen MR) is 431 cm³/mol. The minimum Gasteiger partial charge on any atom is -0.381 e. The van der Waals surface area contributed by atoms with E-state index in [9.17, 15) is 15.8 Å². The van der Waals surface area contributed by atoms with Gasteiger partial charge in [-0.05, 0) is 90.8 Å². The Balaban J connectivity index is 0.000000127. The zero-order valence-corrected chi connectivity index (χ0v) is 62.5. The summed E-state index contributed by atoms with van der Waals surface area (Å²) in [5.41, 5.74) is 35.9. The number of nitrogens with two attached hydrogens (primary N) is 3. The third-order valence-electron chi connectivity index (χ3n) is 20.8. The van der Waals surface area contributed by atoms with Crippen molar-refractivity contribution in [2.45, 2.75) is 32.6 Å². The molecule has 0 amide bonds. The van der Waals surface area contributed by atoms with Crippen LogP contribution in [-0.2, 0) is 40.8 Å². The molecule has 6 N–H and O–H groups in total. The Kier molecular flexibility index (Phi) is 20.3. The second-order valence-electron chi connectivity index (χ2n) is 28.3. The Hall–Kier alpha value is -14.2. The highest BCUT2D eigenvalue weighted by Crippen LogP contribution is 2.38. The molecule has 17 heterocycles. The van der Waals surface area contributed by atoms with E-state index >= 15 is 0 Å². The summed E-state index contributed by atoms with van der Waals surface area (Å²) in [6.07, 6.45) is 28.1. The highest BCUT2D eigenvalue weighted by Gasteiger charge is 2.28. The predicted octanol–water partition coefficient (Wildman–Crippen LogP) is 9.90. The molecule has 1 atom stereocenters. The van der Waals surface area contributed by atoms with E-state index < -0.39 is 0 Å². The largest absolute Gasteiger partial charge is 0.381 e. The Morgan fingerprint density at radius 3 is 1.16 bits per heavy atom. The molecule has 0 aliphatic carbocycles. The van der Waals surface area contributed by atoms with Crippen molar-refractivity contribution in [3.8, 4) is 85.0 Å². The van der Waals surface area contributed by atoms with Gasteiger partial charge in [0.2, 0.25) is 0 Å². The maximum atomic E-state index is 9.79. The fraction of sp³-hybridized carbons (Fsp3) is 0.229. The van der Waals surface area contributed by atoms with Gasteiger partial charge in [0.15, 0.2) is 17.5 Å². The third-order valence-corrected chi connectivity index (χ3v) is 20.8. The zero-order chi connectivity index (χ0) is 76.9. The Morgan fingerprint density at radius 2 is 0.795 bits per heavy atom. The van der Waals surface area contributed by atoms with Gasteiger partial charge in [-0.3, -0.25) is 38.7 Å². The van der Waals surface area contributed by atoms with Crippen molar-refractivity contribution in [3.05, 3.63) is 242 Å². The summed E-state index contributed by atoms with van der Waals surface area (Å²) < 4.78 is 10.3. The summed E-state index contributed by atoms with van der Waals surface area (Å²) in [4.78, 5) is 37.5. The highest BCUT2D eigenvalue weighted by molar-refractivity contribution is 5.93. The maximum absolute atomic E-state index is 9.79. The van der Waals surface area contributed by atoms with Gasteiger partial charge in [-0.15, -0.1) is 15.3 Å². The van der Waals surface area contributed by atoms with E-state index in [1.807, 2.05) is 138 Å². The van der Waals surface area contributed by atoms with Gasteiger partial charge in [-0.1, -0.05) is 42.5 Å². The van der Waals surface area contributed by atoms with Gasteiger partial charge in [0.25, 0.3) is 0 Å². The third kappa shape index (κ3) is 15.2. The summed E-state index contributed by atoms with van der Waals surface area (Å²) in [5, 5.41) is 55.4. The van der Waals surface area contributed by atoms with Crippen molar-refractivity contribution < 1.29 is 0 Å². The number of nitriles is 3. The molecule has 3 aliphatic rings. The van der Waals surface area contributed by atoms with Crippen LogP contribution in [0.25, 0.3) is 83.3 Å². The smallest absolute Gasteiger partial charge is 0.164 e. The van der Waals surface area contributed by atoms with Crippen molar-refractivity contribution in [1.29, 1.82) is 15.8 Å². The van der Waals surface area contributed by atoms with Crippen LogP contribution in [0, 0.1) is 34.0 Å². The van der Waals surface area contributed by atoms with Crippen LogP contribution in [0.5, 0.6) is 0 Å². The van der Waals surface area contributed by atoms with Crippen LogP contribution in [0.4, 0.5) is 34.9 Å². The van der Waals surface area contributed by atoms with E-state index in [-0.39, 0.29) is 17.5 Å². The first-order valence-electron chi connectivity index (χ1n) is 37.0. The number of nitrogens with zero attached hydrogens (tertiary/aromatic N) is 26. The van der Waals surface area contributed by atoms with Crippen LogP contribution < -0.4 is 31.9 Å². The molecule has 3 saturated heterocycles. The molecule has 0 saturated carbocycles. The lowest BCUT2D eigenvalue weighted by Crippen LogP contribution is -2.51. The molecule has 3 fully saturated rings. The number of nitrogen functional groups attached to an aromatic ring is 3.